The number of nitrogens with two attached hydrogens (primary N) is 1. The van der Waals surface area contributed by atoms with Gasteiger partial charge in [0.2, 0.25) is 0 Å². The maximum atomic E-state index is 5.62. The molecule has 0 saturated carbocycles. The molecule has 17 heavy (non-hydrogen) atoms. The van der Waals surface area contributed by atoms with Crippen molar-refractivity contribution in [1.29, 1.82) is 0 Å². The van der Waals surface area contributed by atoms with Crippen molar-refractivity contribution < 1.29 is 9.47 Å². The Morgan fingerprint density at radius 3 is 2.76 bits per heavy atom. The first-order chi connectivity index (χ1) is 8.22. The van der Waals surface area contributed by atoms with Crippen LogP contribution in [-0.4, -0.2) is 19.8 Å². The summed E-state index contributed by atoms with van der Waals surface area (Å²) in [6, 6.07) is 7.90. The summed E-state index contributed by atoms with van der Waals surface area (Å²) in [7, 11) is 0. The lowest BCUT2D eigenvalue weighted by Crippen LogP contribution is -2.07. The van der Waals surface area contributed by atoms with E-state index in [1.54, 1.807) is 0 Å². The molecular weight excluding hydrogens is 214 g/mol. The van der Waals surface area contributed by atoms with Crippen LogP contribution in [0.4, 0.5) is 0 Å². The van der Waals surface area contributed by atoms with Gasteiger partial charge in [0, 0.05) is 26.2 Å². The van der Waals surface area contributed by atoms with E-state index in [9.17, 15) is 0 Å². The van der Waals surface area contributed by atoms with Gasteiger partial charge in [0.15, 0.2) is 0 Å². The first-order valence-corrected chi connectivity index (χ1v) is 6.22. The third-order valence-corrected chi connectivity index (χ3v) is 2.29. The maximum Gasteiger partial charge on any atom is 0.119 e. The quantitative estimate of drug-likeness (QED) is 0.707. The summed E-state index contributed by atoms with van der Waals surface area (Å²) >= 11 is 0. The molecule has 0 radical (unpaired) electrons. The molecule has 96 valence electrons. The molecule has 1 aromatic rings. The first-order valence-electron chi connectivity index (χ1n) is 6.22. The van der Waals surface area contributed by atoms with Gasteiger partial charge in [0.1, 0.15) is 5.75 Å². The van der Waals surface area contributed by atoms with E-state index in [1.807, 2.05) is 24.3 Å². The van der Waals surface area contributed by atoms with Gasteiger partial charge in [-0.15, -0.1) is 0 Å². The highest BCUT2D eigenvalue weighted by Crippen LogP contribution is 2.12. The number of hydrogen-bond acceptors (Lipinski definition) is 3. The van der Waals surface area contributed by atoms with Gasteiger partial charge < -0.3 is 15.2 Å². The van der Waals surface area contributed by atoms with Gasteiger partial charge in [-0.1, -0.05) is 26.0 Å². The van der Waals surface area contributed by atoms with Crippen molar-refractivity contribution in [1.82, 2.24) is 0 Å². The van der Waals surface area contributed by atoms with E-state index in [4.69, 9.17) is 15.2 Å². The van der Waals surface area contributed by atoms with E-state index in [0.717, 1.165) is 30.9 Å². The minimum atomic E-state index is 0.550. The smallest absolute Gasteiger partial charge is 0.119 e. The summed E-state index contributed by atoms with van der Waals surface area (Å²) in [5, 5.41) is 0. The molecule has 0 unspecified atom stereocenters. The zero-order valence-electron chi connectivity index (χ0n) is 10.8. The van der Waals surface area contributed by atoms with Crippen molar-refractivity contribution in [3.63, 3.8) is 0 Å². The van der Waals surface area contributed by atoms with E-state index in [0.29, 0.717) is 19.1 Å². The number of benzene rings is 1. The lowest BCUT2D eigenvalue weighted by molar-refractivity contribution is 0.0981. The van der Waals surface area contributed by atoms with Gasteiger partial charge >= 0.3 is 0 Å². The molecular formula is C14H23NO2. The van der Waals surface area contributed by atoms with E-state index >= 15 is 0 Å². The zero-order valence-corrected chi connectivity index (χ0v) is 10.8. The number of rotatable bonds is 8. The highest BCUT2D eigenvalue weighted by atomic mass is 16.5. The van der Waals surface area contributed by atoms with Crippen LogP contribution in [0.1, 0.15) is 25.8 Å². The lowest BCUT2D eigenvalue weighted by atomic mass is 10.2. The number of ether oxygens (including phenoxy) is 2. The van der Waals surface area contributed by atoms with Crippen molar-refractivity contribution in [3.8, 4) is 5.75 Å². The van der Waals surface area contributed by atoms with Crippen molar-refractivity contribution in [2.45, 2.75) is 26.8 Å². The second kappa shape index (κ2) is 8.09. The molecule has 1 rings (SSSR count). The highest BCUT2D eigenvalue weighted by Gasteiger charge is 1.97. The van der Waals surface area contributed by atoms with E-state index < -0.39 is 0 Å². The van der Waals surface area contributed by atoms with Crippen LogP contribution in [0.15, 0.2) is 24.3 Å². The molecule has 0 aliphatic heterocycles. The van der Waals surface area contributed by atoms with Crippen LogP contribution in [0.25, 0.3) is 0 Å². The van der Waals surface area contributed by atoms with E-state index in [2.05, 4.69) is 13.8 Å². The Morgan fingerprint density at radius 1 is 1.24 bits per heavy atom. The molecule has 0 bridgehead atoms. The van der Waals surface area contributed by atoms with Gasteiger partial charge in [-0.05, 0) is 23.6 Å². The van der Waals surface area contributed by atoms with E-state index in [-0.39, 0.29) is 0 Å². The topological polar surface area (TPSA) is 44.5 Å². The van der Waals surface area contributed by atoms with Crippen LogP contribution >= 0.6 is 0 Å². The molecule has 0 atom stereocenters. The fraction of sp³-hybridized carbons (Fsp3) is 0.571. The Labute approximate surface area is 104 Å². The maximum absolute atomic E-state index is 5.62. The Hall–Kier alpha value is -1.06. The molecule has 0 heterocycles. The molecule has 0 spiro atoms. The molecule has 0 saturated heterocycles. The summed E-state index contributed by atoms with van der Waals surface area (Å²) in [5.41, 5.74) is 6.66. The predicted molar refractivity (Wildman–Crippen MR) is 70.1 cm³/mol. The standard InChI is InChI=1S/C14H23NO2/c1-12(2)11-16-7-4-8-17-14-6-3-5-13(9-14)10-15/h3,5-6,9,12H,4,7-8,10-11,15H2,1-2H3. The Balaban J connectivity index is 2.13. The average Bonchev–Trinajstić information content (AvgIpc) is 2.33. The van der Waals surface area contributed by atoms with Gasteiger partial charge in [-0.2, -0.15) is 0 Å². The highest BCUT2D eigenvalue weighted by molar-refractivity contribution is 5.28. The normalized spacial score (nSPS) is 10.8. The van der Waals surface area contributed by atoms with Gasteiger partial charge in [-0.25, -0.2) is 0 Å². The van der Waals surface area contributed by atoms with Crippen LogP contribution in [0.5, 0.6) is 5.75 Å². The molecule has 0 aliphatic carbocycles. The average molecular weight is 237 g/mol. The third kappa shape index (κ3) is 6.29. The Kier molecular flexibility index (Phi) is 6.67. The summed E-state index contributed by atoms with van der Waals surface area (Å²) in [4.78, 5) is 0. The fourth-order valence-corrected chi connectivity index (χ4v) is 1.43. The van der Waals surface area contributed by atoms with Gasteiger partial charge in [0.25, 0.3) is 0 Å². The molecule has 3 nitrogen and oxygen atoms in total. The fourth-order valence-electron chi connectivity index (χ4n) is 1.43. The predicted octanol–water partition coefficient (Wildman–Crippen LogP) is 2.59. The van der Waals surface area contributed by atoms with Crippen LogP contribution < -0.4 is 10.5 Å². The Bertz CT molecular complexity index is 313. The summed E-state index contributed by atoms with van der Waals surface area (Å²) in [5.74, 6) is 1.48. The van der Waals surface area contributed by atoms with Crippen molar-refractivity contribution in [2.24, 2.45) is 11.7 Å². The molecule has 0 aromatic heterocycles. The second-order valence-corrected chi connectivity index (χ2v) is 4.52. The van der Waals surface area contributed by atoms with Crippen LogP contribution in [0.3, 0.4) is 0 Å². The van der Waals surface area contributed by atoms with Crippen molar-refractivity contribution in [3.05, 3.63) is 29.8 Å². The summed E-state index contributed by atoms with van der Waals surface area (Å²) in [6.07, 6.45) is 0.916. The van der Waals surface area contributed by atoms with Crippen LogP contribution in [-0.2, 0) is 11.3 Å². The monoisotopic (exact) mass is 237 g/mol. The van der Waals surface area contributed by atoms with Crippen LogP contribution in [0.2, 0.25) is 0 Å². The minimum Gasteiger partial charge on any atom is -0.493 e. The van der Waals surface area contributed by atoms with Gasteiger partial charge in [0.05, 0.1) is 6.61 Å². The van der Waals surface area contributed by atoms with Crippen molar-refractivity contribution in [2.75, 3.05) is 19.8 Å². The molecule has 1 aromatic carbocycles. The zero-order chi connectivity index (χ0) is 12.5. The molecule has 3 heteroatoms. The van der Waals surface area contributed by atoms with Crippen molar-refractivity contribution >= 4 is 0 Å². The molecule has 0 aliphatic rings. The first kappa shape index (κ1) is 14.0. The molecule has 2 N–H and O–H groups in total. The lowest BCUT2D eigenvalue weighted by Gasteiger charge is -2.09. The van der Waals surface area contributed by atoms with Crippen LogP contribution in [0, 0.1) is 5.92 Å². The van der Waals surface area contributed by atoms with E-state index in [1.165, 1.54) is 0 Å². The molecule has 0 fully saturated rings. The third-order valence-electron chi connectivity index (χ3n) is 2.29. The summed E-state index contributed by atoms with van der Waals surface area (Å²) in [6.45, 7) is 7.11. The molecule has 0 amide bonds. The minimum absolute atomic E-state index is 0.550. The largest absolute Gasteiger partial charge is 0.493 e. The Morgan fingerprint density at radius 2 is 2.06 bits per heavy atom. The number of hydrogen-bond donors (Lipinski definition) is 1. The SMILES string of the molecule is CC(C)COCCCOc1cccc(CN)c1. The summed E-state index contributed by atoms with van der Waals surface area (Å²) < 4.78 is 11.1. The van der Waals surface area contributed by atoms with Gasteiger partial charge in [-0.3, -0.25) is 0 Å². The second-order valence-electron chi connectivity index (χ2n) is 4.52.